The molecule has 3 nitrogen and oxygen atoms in total. The molecule has 0 spiro atoms. The molecule has 0 amide bonds. The van der Waals surface area contributed by atoms with E-state index < -0.39 is 0 Å². The average Bonchev–Trinajstić information content (AvgIpc) is 3.35. The van der Waals surface area contributed by atoms with Gasteiger partial charge in [0.2, 0.25) is 0 Å². The molecule has 25 heavy (non-hydrogen) atoms. The van der Waals surface area contributed by atoms with Gasteiger partial charge in [-0.2, -0.15) is 0 Å². The monoisotopic (exact) mass is 346 g/mol. The van der Waals surface area contributed by atoms with E-state index >= 15 is 0 Å². The lowest BCUT2D eigenvalue weighted by Gasteiger charge is -2.03. The molecule has 4 rings (SSSR count). The summed E-state index contributed by atoms with van der Waals surface area (Å²) in [7, 11) is 0. The number of hydrogen-bond acceptors (Lipinski definition) is 4. The van der Waals surface area contributed by atoms with E-state index in [1.165, 1.54) is 21.6 Å². The van der Waals surface area contributed by atoms with Gasteiger partial charge in [-0.25, -0.2) is 4.98 Å². The van der Waals surface area contributed by atoms with Crippen LogP contribution in [0.3, 0.4) is 0 Å². The summed E-state index contributed by atoms with van der Waals surface area (Å²) in [6, 6.07) is 22.9. The van der Waals surface area contributed by atoms with E-state index in [2.05, 4.69) is 58.8 Å². The van der Waals surface area contributed by atoms with Crippen molar-refractivity contribution < 1.29 is 4.42 Å². The zero-order chi connectivity index (χ0) is 16.9. The molecule has 124 valence electrons. The van der Waals surface area contributed by atoms with Crippen LogP contribution in [-0.2, 0) is 13.1 Å². The van der Waals surface area contributed by atoms with Gasteiger partial charge in [0.25, 0.3) is 0 Å². The number of furan rings is 1. The standard InChI is InChI=1S/C21H18N2OS/c1-2-5-16(6-3-1)17-8-10-18(11-9-17)20-14-23-21(25-20)15-22-13-19-7-4-12-24-19/h1-12,14,22H,13,15H2. The third kappa shape index (κ3) is 3.87. The first kappa shape index (κ1) is 15.8. The van der Waals surface area contributed by atoms with Gasteiger partial charge in [0, 0.05) is 12.7 Å². The lowest BCUT2D eigenvalue weighted by atomic mass is 10.0. The van der Waals surface area contributed by atoms with E-state index in [0.29, 0.717) is 6.54 Å². The summed E-state index contributed by atoms with van der Waals surface area (Å²) in [5.41, 5.74) is 3.67. The molecule has 0 radical (unpaired) electrons. The maximum atomic E-state index is 5.31. The minimum Gasteiger partial charge on any atom is -0.468 e. The molecule has 0 saturated heterocycles. The van der Waals surface area contributed by atoms with Crippen molar-refractivity contribution in [1.29, 1.82) is 0 Å². The third-order valence-corrected chi connectivity index (χ3v) is 5.03. The van der Waals surface area contributed by atoms with Crippen LogP contribution in [0.4, 0.5) is 0 Å². The highest BCUT2D eigenvalue weighted by Crippen LogP contribution is 2.28. The molecule has 2 aromatic heterocycles. The Morgan fingerprint density at radius 1 is 0.800 bits per heavy atom. The maximum Gasteiger partial charge on any atom is 0.117 e. The summed E-state index contributed by atoms with van der Waals surface area (Å²) in [4.78, 5) is 5.71. The van der Waals surface area contributed by atoms with E-state index in [1.54, 1.807) is 17.6 Å². The molecule has 4 heteroatoms. The Labute approximate surface area is 151 Å². The normalized spacial score (nSPS) is 10.9. The van der Waals surface area contributed by atoms with Crippen LogP contribution in [-0.4, -0.2) is 4.98 Å². The first-order valence-corrected chi connectivity index (χ1v) is 9.04. The molecule has 0 saturated carbocycles. The number of aromatic nitrogens is 1. The van der Waals surface area contributed by atoms with Crippen LogP contribution in [0.5, 0.6) is 0 Å². The summed E-state index contributed by atoms with van der Waals surface area (Å²) in [5, 5.41) is 4.43. The fraction of sp³-hybridized carbons (Fsp3) is 0.0952. The molecule has 0 fully saturated rings. The van der Waals surface area contributed by atoms with Crippen LogP contribution in [0.1, 0.15) is 10.8 Å². The minimum absolute atomic E-state index is 0.716. The molecule has 0 unspecified atom stereocenters. The molecule has 2 aromatic carbocycles. The Balaban J connectivity index is 1.41. The zero-order valence-corrected chi connectivity index (χ0v) is 14.5. The van der Waals surface area contributed by atoms with Gasteiger partial charge in [-0.1, -0.05) is 54.6 Å². The number of nitrogens with zero attached hydrogens (tertiary/aromatic N) is 1. The highest BCUT2D eigenvalue weighted by molar-refractivity contribution is 7.15. The van der Waals surface area contributed by atoms with Crippen molar-refractivity contribution in [2.24, 2.45) is 0 Å². The maximum absolute atomic E-state index is 5.31. The highest BCUT2D eigenvalue weighted by Gasteiger charge is 2.05. The summed E-state index contributed by atoms with van der Waals surface area (Å²) < 4.78 is 5.31. The fourth-order valence-electron chi connectivity index (χ4n) is 2.69. The van der Waals surface area contributed by atoms with Gasteiger partial charge in [-0.15, -0.1) is 11.3 Å². The van der Waals surface area contributed by atoms with Crippen molar-refractivity contribution in [2.45, 2.75) is 13.1 Å². The highest BCUT2D eigenvalue weighted by atomic mass is 32.1. The Morgan fingerprint density at radius 2 is 1.56 bits per heavy atom. The van der Waals surface area contributed by atoms with Gasteiger partial charge in [-0.3, -0.25) is 0 Å². The van der Waals surface area contributed by atoms with Gasteiger partial charge < -0.3 is 9.73 Å². The second-order valence-electron chi connectivity index (χ2n) is 5.74. The number of nitrogens with one attached hydrogen (secondary N) is 1. The second-order valence-corrected chi connectivity index (χ2v) is 6.86. The van der Waals surface area contributed by atoms with Crippen LogP contribution >= 0.6 is 11.3 Å². The van der Waals surface area contributed by atoms with Crippen LogP contribution in [0.15, 0.2) is 83.6 Å². The van der Waals surface area contributed by atoms with Crippen molar-refractivity contribution >= 4 is 11.3 Å². The van der Waals surface area contributed by atoms with E-state index in [-0.39, 0.29) is 0 Å². The predicted molar refractivity (Wildman–Crippen MR) is 102 cm³/mol. The van der Waals surface area contributed by atoms with Gasteiger partial charge in [0.1, 0.15) is 10.8 Å². The first-order chi connectivity index (χ1) is 12.4. The van der Waals surface area contributed by atoms with Crippen LogP contribution in [0.2, 0.25) is 0 Å². The molecular formula is C21H18N2OS. The molecular weight excluding hydrogens is 328 g/mol. The molecule has 0 aliphatic heterocycles. The average molecular weight is 346 g/mol. The van der Waals surface area contributed by atoms with Gasteiger partial charge in [0.05, 0.1) is 17.7 Å². The molecule has 0 bridgehead atoms. The largest absolute Gasteiger partial charge is 0.468 e. The van der Waals surface area contributed by atoms with E-state index in [0.717, 1.165) is 17.3 Å². The summed E-state index contributed by atoms with van der Waals surface area (Å²) in [5.74, 6) is 0.938. The Kier molecular flexibility index (Phi) is 4.72. The molecule has 0 aliphatic carbocycles. The topological polar surface area (TPSA) is 38.1 Å². The summed E-state index contributed by atoms with van der Waals surface area (Å²) >= 11 is 1.72. The zero-order valence-electron chi connectivity index (χ0n) is 13.7. The third-order valence-electron chi connectivity index (χ3n) is 3.99. The van der Waals surface area contributed by atoms with Crippen molar-refractivity contribution in [3.63, 3.8) is 0 Å². The number of hydrogen-bond donors (Lipinski definition) is 1. The molecule has 2 heterocycles. The van der Waals surface area contributed by atoms with Crippen molar-refractivity contribution in [3.8, 4) is 21.6 Å². The van der Waals surface area contributed by atoms with Gasteiger partial charge in [-0.05, 0) is 28.8 Å². The molecule has 4 aromatic rings. The van der Waals surface area contributed by atoms with Gasteiger partial charge in [0.15, 0.2) is 0 Å². The SMILES string of the molecule is c1ccc(-c2ccc(-c3cnc(CNCc4ccco4)s3)cc2)cc1. The van der Waals surface area contributed by atoms with Crippen molar-refractivity contribution in [1.82, 2.24) is 10.3 Å². The molecule has 0 aliphatic rings. The van der Waals surface area contributed by atoms with Crippen molar-refractivity contribution in [3.05, 3.63) is 90.0 Å². The number of thiazole rings is 1. The Bertz CT molecular complexity index is 912. The second kappa shape index (κ2) is 7.47. The fourth-order valence-corrected chi connectivity index (χ4v) is 3.58. The van der Waals surface area contributed by atoms with E-state index in [1.807, 2.05) is 24.4 Å². The molecule has 0 atom stereocenters. The first-order valence-electron chi connectivity index (χ1n) is 8.22. The smallest absolute Gasteiger partial charge is 0.117 e. The summed E-state index contributed by atoms with van der Waals surface area (Å²) in [6.07, 6.45) is 3.64. The summed E-state index contributed by atoms with van der Waals surface area (Å²) in [6.45, 7) is 1.46. The minimum atomic E-state index is 0.716. The Hall–Kier alpha value is -2.69. The van der Waals surface area contributed by atoms with Crippen LogP contribution in [0.25, 0.3) is 21.6 Å². The van der Waals surface area contributed by atoms with Crippen LogP contribution < -0.4 is 5.32 Å². The van der Waals surface area contributed by atoms with E-state index in [9.17, 15) is 0 Å². The molecule has 1 N–H and O–H groups in total. The lowest BCUT2D eigenvalue weighted by Crippen LogP contribution is -2.11. The van der Waals surface area contributed by atoms with Crippen LogP contribution in [0, 0.1) is 0 Å². The van der Waals surface area contributed by atoms with Crippen molar-refractivity contribution in [2.75, 3.05) is 0 Å². The lowest BCUT2D eigenvalue weighted by molar-refractivity contribution is 0.483. The Morgan fingerprint density at radius 3 is 2.32 bits per heavy atom. The number of benzene rings is 2. The van der Waals surface area contributed by atoms with E-state index in [4.69, 9.17) is 4.42 Å². The van der Waals surface area contributed by atoms with Gasteiger partial charge >= 0.3 is 0 Å². The number of rotatable bonds is 6. The predicted octanol–water partition coefficient (Wildman–Crippen LogP) is 5.36. The quantitative estimate of drug-likeness (QED) is 0.511.